The minimum atomic E-state index is -0.900. The summed E-state index contributed by atoms with van der Waals surface area (Å²) >= 11 is 0. The van der Waals surface area contributed by atoms with E-state index >= 15 is 0 Å². The first kappa shape index (κ1) is 24.4. The summed E-state index contributed by atoms with van der Waals surface area (Å²) in [4.78, 5) is 15.7. The Bertz CT molecular complexity index is 1080. The number of rotatable bonds is 11. The molecular formula is C24H30N4O5. The van der Waals surface area contributed by atoms with Crippen molar-refractivity contribution in [1.29, 1.82) is 0 Å². The lowest BCUT2D eigenvalue weighted by Crippen LogP contribution is -2.36. The molecule has 176 valence electrons. The molecule has 0 spiro atoms. The number of aliphatic hydroxyl groups excluding tert-OH is 2. The summed E-state index contributed by atoms with van der Waals surface area (Å²) in [5.41, 5.74) is 4.61. The molecule has 1 atom stereocenters. The van der Waals surface area contributed by atoms with Gasteiger partial charge in [-0.25, -0.2) is 0 Å². The summed E-state index contributed by atoms with van der Waals surface area (Å²) in [6.07, 6.45) is -0.194. The number of hydrogen-bond acceptors (Lipinski definition) is 8. The summed E-state index contributed by atoms with van der Waals surface area (Å²) in [6.45, 7) is 4.07. The van der Waals surface area contributed by atoms with Crippen LogP contribution in [-0.2, 0) is 17.8 Å². The van der Waals surface area contributed by atoms with Gasteiger partial charge in [-0.3, -0.25) is 4.79 Å². The number of nitrogens with zero attached hydrogens (tertiary/aromatic N) is 2. The van der Waals surface area contributed by atoms with Crippen LogP contribution in [0.1, 0.15) is 23.6 Å². The van der Waals surface area contributed by atoms with Gasteiger partial charge in [0.1, 0.15) is 25.1 Å². The van der Waals surface area contributed by atoms with E-state index in [-0.39, 0.29) is 13.2 Å². The minimum Gasteiger partial charge on any atom is -0.490 e. The van der Waals surface area contributed by atoms with Crippen LogP contribution in [0.5, 0.6) is 5.75 Å². The molecule has 0 saturated heterocycles. The summed E-state index contributed by atoms with van der Waals surface area (Å²) in [5.74, 6) is 1.07. The normalized spacial score (nSPS) is 11.9. The van der Waals surface area contributed by atoms with E-state index in [0.717, 1.165) is 34.4 Å². The predicted octanol–water partition coefficient (Wildman–Crippen LogP) is 1.84. The molecule has 0 fully saturated rings. The van der Waals surface area contributed by atoms with E-state index in [0.29, 0.717) is 23.9 Å². The molecule has 0 aliphatic rings. The van der Waals surface area contributed by atoms with Crippen molar-refractivity contribution in [1.82, 2.24) is 20.8 Å². The molecule has 0 unspecified atom stereocenters. The van der Waals surface area contributed by atoms with Crippen molar-refractivity contribution in [3.8, 4) is 28.6 Å². The second-order valence-corrected chi connectivity index (χ2v) is 7.72. The number of carbonyl (C=O) groups is 1. The van der Waals surface area contributed by atoms with Crippen molar-refractivity contribution in [2.24, 2.45) is 0 Å². The van der Waals surface area contributed by atoms with Gasteiger partial charge in [-0.05, 0) is 61.3 Å². The monoisotopic (exact) mass is 454 g/mol. The largest absolute Gasteiger partial charge is 0.490 e. The van der Waals surface area contributed by atoms with Crippen molar-refractivity contribution >= 4 is 5.91 Å². The number of hydrogen-bond donors (Lipinski definition) is 4. The molecule has 3 aromatic rings. The number of aliphatic hydroxyl groups is 2. The van der Waals surface area contributed by atoms with E-state index in [2.05, 4.69) is 20.8 Å². The van der Waals surface area contributed by atoms with Gasteiger partial charge >= 0.3 is 0 Å². The fourth-order valence-corrected chi connectivity index (χ4v) is 3.45. The zero-order chi connectivity index (χ0) is 23.8. The Kier molecular flexibility index (Phi) is 8.53. The van der Waals surface area contributed by atoms with Crippen molar-refractivity contribution in [2.75, 3.05) is 26.8 Å². The number of nitrogens with one attached hydrogen (secondary N) is 2. The third kappa shape index (κ3) is 6.38. The highest BCUT2D eigenvalue weighted by atomic mass is 16.5. The smallest absolute Gasteiger partial charge is 0.258 e. The fourth-order valence-electron chi connectivity index (χ4n) is 3.45. The minimum absolute atomic E-state index is 0.000855. The van der Waals surface area contributed by atoms with Gasteiger partial charge in [-0.2, -0.15) is 4.98 Å². The summed E-state index contributed by atoms with van der Waals surface area (Å²) in [5, 5.41) is 28.5. The second kappa shape index (κ2) is 11.6. The van der Waals surface area contributed by atoms with Gasteiger partial charge in [0.05, 0.1) is 0 Å². The van der Waals surface area contributed by atoms with Crippen LogP contribution in [0.15, 0.2) is 40.9 Å². The predicted molar refractivity (Wildman–Crippen MR) is 124 cm³/mol. The highest BCUT2D eigenvalue weighted by Crippen LogP contribution is 2.31. The average Bonchev–Trinajstić information content (AvgIpc) is 3.32. The molecule has 4 N–H and O–H groups in total. The van der Waals surface area contributed by atoms with Gasteiger partial charge in [0, 0.05) is 24.2 Å². The lowest BCUT2D eigenvalue weighted by molar-refractivity contribution is -0.124. The third-order valence-electron chi connectivity index (χ3n) is 5.07. The molecule has 0 saturated carbocycles. The van der Waals surface area contributed by atoms with Crippen LogP contribution >= 0.6 is 0 Å². The first-order valence-electron chi connectivity index (χ1n) is 10.8. The quantitative estimate of drug-likeness (QED) is 0.345. The van der Waals surface area contributed by atoms with Crippen molar-refractivity contribution < 1.29 is 24.3 Å². The third-order valence-corrected chi connectivity index (χ3v) is 5.07. The Balaban J connectivity index is 1.76. The van der Waals surface area contributed by atoms with Crippen molar-refractivity contribution in [2.45, 2.75) is 32.9 Å². The molecule has 3 rings (SSSR count). The summed E-state index contributed by atoms with van der Waals surface area (Å²) < 4.78 is 11.4. The summed E-state index contributed by atoms with van der Waals surface area (Å²) in [6, 6.07) is 11.8. The van der Waals surface area contributed by atoms with Crippen molar-refractivity contribution in [3.63, 3.8) is 0 Å². The first-order valence-corrected chi connectivity index (χ1v) is 10.8. The molecule has 9 nitrogen and oxygen atoms in total. The number of amides is 1. The first-order chi connectivity index (χ1) is 15.9. The van der Waals surface area contributed by atoms with E-state index < -0.39 is 18.6 Å². The van der Waals surface area contributed by atoms with E-state index in [1.54, 1.807) is 0 Å². The van der Waals surface area contributed by atoms with Crippen LogP contribution in [-0.4, -0.2) is 59.2 Å². The summed E-state index contributed by atoms with van der Waals surface area (Å²) in [7, 11) is 1.90. The van der Waals surface area contributed by atoms with Gasteiger partial charge in [0.2, 0.25) is 11.7 Å². The van der Waals surface area contributed by atoms with Gasteiger partial charge in [-0.1, -0.05) is 24.2 Å². The zero-order valence-corrected chi connectivity index (χ0v) is 19.1. The standard InChI is InChI=1S/C24H30N4O5/c1-4-17-10-19(8-15(2)22(17)32-14-20(30)12-26-21(31)13-29)23-27-24(33-28-23)18-7-5-6-16(9-18)11-25-3/h5-10,20,25,29-30H,4,11-14H2,1-3H3,(H,26,31)/t20-/m0/s1. The molecule has 9 heteroatoms. The molecule has 1 aromatic heterocycles. The molecule has 0 bridgehead atoms. The van der Waals surface area contributed by atoms with E-state index in [9.17, 15) is 9.90 Å². The SMILES string of the molecule is CCc1cc(-c2noc(-c3cccc(CNC)c3)n2)cc(C)c1OC[C@@H](O)CNC(=O)CO. The zero-order valence-electron chi connectivity index (χ0n) is 19.1. The number of aromatic nitrogens is 2. The highest BCUT2D eigenvalue weighted by Gasteiger charge is 2.16. The molecule has 2 aromatic carbocycles. The lowest BCUT2D eigenvalue weighted by Gasteiger charge is -2.17. The van der Waals surface area contributed by atoms with E-state index in [4.69, 9.17) is 14.4 Å². The Morgan fingerprint density at radius 3 is 2.79 bits per heavy atom. The maximum absolute atomic E-state index is 11.1. The Morgan fingerprint density at radius 2 is 2.06 bits per heavy atom. The number of ether oxygens (including phenoxy) is 1. The Morgan fingerprint density at radius 1 is 1.24 bits per heavy atom. The van der Waals surface area contributed by atoms with Crippen LogP contribution in [0.4, 0.5) is 0 Å². The van der Waals surface area contributed by atoms with E-state index in [1.165, 1.54) is 0 Å². The maximum atomic E-state index is 11.1. The van der Waals surface area contributed by atoms with Crippen LogP contribution in [0, 0.1) is 6.92 Å². The van der Waals surface area contributed by atoms with Gasteiger partial charge in [-0.15, -0.1) is 0 Å². The number of benzene rings is 2. The maximum Gasteiger partial charge on any atom is 0.258 e. The van der Waals surface area contributed by atoms with Crippen LogP contribution in [0.3, 0.4) is 0 Å². The molecule has 0 radical (unpaired) electrons. The Labute approximate surface area is 192 Å². The molecule has 33 heavy (non-hydrogen) atoms. The van der Waals surface area contributed by atoms with Crippen LogP contribution in [0.25, 0.3) is 22.8 Å². The molecule has 0 aliphatic heterocycles. The molecule has 1 heterocycles. The topological polar surface area (TPSA) is 130 Å². The lowest BCUT2D eigenvalue weighted by atomic mass is 10.0. The molecule has 1 amide bonds. The van der Waals surface area contributed by atoms with Gasteiger partial charge < -0.3 is 30.1 Å². The molecular weight excluding hydrogens is 424 g/mol. The number of aryl methyl sites for hydroxylation is 2. The fraction of sp³-hybridized carbons (Fsp3) is 0.375. The van der Waals surface area contributed by atoms with Crippen LogP contribution < -0.4 is 15.4 Å². The van der Waals surface area contributed by atoms with Crippen LogP contribution in [0.2, 0.25) is 0 Å². The highest BCUT2D eigenvalue weighted by molar-refractivity contribution is 5.76. The average molecular weight is 455 g/mol. The Hall–Kier alpha value is -3.27. The second-order valence-electron chi connectivity index (χ2n) is 7.72. The van der Waals surface area contributed by atoms with Crippen molar-refractivity contribution in [3.05, 3.63) is 53.1 Å². The van der Waals surface area contributed by atoms with Gasteiger partial charge in [0.15, 0.2) is 0 Å². The van der Waals surface area contributed by atoms with Gasteiger partial charge in [0.25, 0.3) is 5.89 Å². The number of carbonyl (C=O) groups excluding carboxylic acids is 1. The molecule has 0 aliphatic carbocycles. The van der Waals surface area contributed by atoms with E-state index in [1.807, 2.05) is 57.3 Å².